The summed E-state index contributed by atoms with van der Waals surface area (Å²) in [7, 11) is 2.09. The zero-order valence-electron chi connectivity index (χ0n) is 19.1. The van der Waals surface area contributed by atoms with Crippen molar-refractivity contribution in [3.63, 3.8) is 0 Å². The quantitative estimate of drug-likeness (QED) is 0.688. The fourth-order valence-corrected chi connectivity index (χ4v) is 4.76. The average molecular weight is 431 g/mol. The Kier molecular flexibility index (Phi) is 5.78. The van der Waals surface area contributed by atoms with Crippen molar-refractivity contribution < 1.29 is 9.90 Å². The number of hydrazine groups is 1. The molecule has 1 unspecified atom stereocenters. The number of nitrogens with two attached hydrogens (primary N) is 1. The van der Waals surface area contributed by atoms with Gasteiger partial charge in [0, 0.05) is 24.9 Å². The molecule has 0 aromatic heterocycles. The first kappa shape index (κ1) is 21.7. The normalized spacial score (nSPS) is 18.2. The highest BCUT2D eigenvalue weighted by atomic mass is 16.4. The van der Waals surface area contributed by atoms with E-state index in [-0.39, 0.29) is 6.04 Å². The zero-order chi connectivity index (χ0) is 23.0. The molecule has 0 radical (unpaired) electrons. The van der Waals surface area contributed by atoms with Crippen LogP contribution in [0.1, 0.15) is 49.5 Å². The smallest absolute Gasteiger partial charge is 0.336 e. The summed E-state index contributed by atoms with van der Waals surface area (Å²) in [6.45, 7) is 6.35. The first-order chi connectivity index (χ1) is 15.4. The van der Waals surface area contributed by atoms with Crippen molar-refractivity contribution in [3.8, 4) is 11.1 Å². The Bertz CT molecular complexity index is 1140. The van der Waals surface area contributed by atoms with Crippen LogP contribution in [0.2, 0.25) is 0 Å². The molecule has 0 bridgehead atoms. The topological polar surface area (TPSA) is 82.2 Å². The number of carboxylic acids is 1. The molecule has 0 amide bonds. The molecule has 2 aliphatic heterocycles. The zero-order valence-corrected chi connectivity index (χ0v) is 19.1. The number of nitrogens with zero attached hydrogens (tertiary/aromatic N) is 3. The second-order valence-electron chi connectivity index (χ2n) is 8.25. The third kappa shape index (κ3) is 3.55. The minimum absolute atomic E-state index is 0.102. The molecular formula is C26H30N4O2. The predicted octanol–water partition coefficient (Wildman–Crippen LogP) is 4.80. The molecule has 0 saturated carbocycles. The maximum Gasteiger partial charge on any atom is 0.336 e. The highest BCUT2D eigenvalue weighted by Gasteiger charge is 2.39. The van der Waals surface area contributed by atoms with Crippen molar-refractivity contribution in [3.05, 3.63) is 82.4 Å². The van der Waals surface area contributed by atoms with Crippen LogP contribution < -0.4 is 5.73 Å². The van der Waals surface area contributed by atoms with E-state index in [1.54, 1.807) is 12.1 Å². The van der Waals surface area contributed by atoms with Gasteiger partial charge >= 0.3 is 5.97 Å². The summed E-state index contributed by atoms with van der Waals surface area (Å²) in [6, 6.07) is 15.4. The predicted molar refractivity (Wildman–Crippen MR) is 128 cm³/mol. The van der Waals surface area contributed by atoms with Gasteiger partial charge in [-0.2, -0.15) is 0 Å². The first-order valence-corrected chi connectivity index (χ1v) is 11.1. The third-order valence-corrected chi connectivity index (χ3v) is 6.49. The molecule has 0 aliphatic carbocycles. The number of fused-ring (bicyclic) bond motifs is 1. The molecule has 3 N–H and O–H groups in total. The van der Waals surface area contributed by atoms with E-state index in [1.807, 2.05) is 24.3 Å². The molecule has 2 aromatic rings. The second-order valence-corrected chi connectivity index (χ2v) is 8.25. The molecule has 166 valence electrons. The van der Waals surface area contributed by atoms with Crippen LogP contribution in [0.5, 0.6) is 0 Å². The van der Waals surface area contributed by atoms with E-state index < -0.39 is 5.97 Å². The van der Waals surface area contributed by atoms with E-state index in [0.29, 0.717) is 5.56 Å². The van der Waals surface area contributed by atoms with Crippen LogP contribution in [0.15, 0.2) is 76.3 Å². The number of aromatic carboxylic acids is 1. The summed E-state index contributed by atoms with van der Waals surface area (Å²) in [5, 5.41) is 13.9. The van der Waals surface area contributed by atoms with Crippen molar-refractivity contribution in [1.82, 2.24) is 10.0 Å². The molecule has 1 atom stereocenters. The molecule has 0 fully saturated rings. The monoisotopic (exact) mass is 430 g/mol. The van der Waals surface area contributed by atoms with Gasteiger partial charge in [-0.25, -0.2) is 9.79 Å². The molecule has 0 spiro atoms. The maximum atomic E-state index is 11.6. The van der Waals surface area contributed by atoms with Gasteiger partial charge in [0.15, 0.2) is 5.82 Å². The maximum absolute atomic E-state index is 11.6. The SMILES string of the molecule is CCC1=NC2=C(N)C(C)=C(CC)N(C)N2C1Cc1ccc(-c2ccccc2C(=O)O)cc1. The Labute approximate surface area is 189 Å². The lowest BCUT2D eigenvalue weighted by molar-refractivity contribution is 0.0497. The van der Waals surface area contributed by atoms with E-state index in [0.717, 1.165) is 53.2 Å². The summed E-state index contributed by atoms with van der Waals surface area (Å²) in [6.07, 6.45) is 2.56. The van der Waals surface area contributed by atoms with Gasteiger partial charge in [0.2, 0.25) is 0 Å². The van der Waals surface area contributed by atoms with Crippen LogP contribution in [0.25, 0.3) is 11.1 Å². The molecular weight excluding hydrogens is 400 g/mol. The van der Waals surface area contributed by atoms with Gasteiger partial charge in [-0.05, 0) is 48.1 Å². The molecule has 2 aliphatic rings. The number of aliphatic imine (C=N–C) groups is 1. The van der Waals surface area contributed by atoms with E-state index >= 15 is 0 Å². The van der Waals surface area contributed by atoms with Gasteiger partial charge in [-0.15, -0.1) is 0 Å². The molecule has 2 heterocycles. The number of carboxylic acid groups (broad SMARTS) is 1. The van der Waals surface area contributed by atoms with Crippen LogP contribution in [-0.2, 0) is 6.42 Å². The van der Waals surface area contributed by atoms with Crippen LogP contribution in [0, 0.1) is 0 Å². The Balaban J connectivity index is 1.64. The third-order valence-electron chi connectivity index (χ3n) is 6.49. The summed E-state index contributed by atoms with van der Waals surface area (Å²) < 4.78 is 0. The van der Waals surface area contributed by atoms with Gasteiger partial charge in [0.1, 0.15) is 0 Å². The molecule has 4 rings (SSSR count). The van der Waals surface area contributed by atoms with Gasteiger partial charge < -0.3 is 10.8 Å². The lowest BCUT2D eigenvalue weighted by Gasteiger charge is -2.42. The van der Waals surface area contributed by atoms with Crippen LogP contribution >= 0.6 is 0 Å². The highest BCUT2D eigenvalue weighted by Crippen LogP contribution is 2.37. The summed E-state index contributed by atoms with van der Waals surface area (Å²) in [5.41, 5.74) is 13.8. The van der Waals surface area contributed by atoms with Crippen LogP contribution in [0.3, 0.4) is 0 Å². The van der Waals surface area contributed by atoms with Crippen molar-refractivity contribution in [2.75, 3.05) is 7.05 Å². The standard InChI is InChI=1S/C26H30N4O2/c1-5-21-23(30-25(28-21)24(27)16(3)22(6-2)29(30)4)15-17-11-13-18(14-12-17)19-9-7-8-10-20(19)26(31)32/h7-14,23H,5-6,15,27H2,1-4H3,(H,31,32). The second kappa shape index (κ2) is 8.54. The fourth-order valence-electron chi connectivity index (χ4n) is 4.76. The Morgan fingerprint density at radius 1 is 1.09 bits per heavy atom. The molecule has 6 heteroatoms. The minimum atomic E-state index is -0.917. The Hall–Kier alpha value is -3.54. The van der Waals surface area contributed by atoms with Gasteiger partial charge in [0.05, 0.1) is 17.3 Å². The summed E-state index contributed by atoms with van der Waals surface area (Å²) >= 11 is 0. The van der Waals surface area contributed by atoms with Gasteiger partial charge in [-0.1, -0.05) is 56.3 Å². The summed E-state index contributed by atoms with van der Waals surface area (Å²) in [5.74, 6) is -0.0735. The van der Waals surface area contributed by atoms with Gasteiger partial charge in [-0.3, -0.25) is 10.0 Å². The first-order valence-electron chi connectivity index (χ1n) is 11.1. The molecule has 0 saturated heterocycles. The number of hydrogen-bond acceptors (Lipinski definition) is 5. The van der Waals surface area contributed by atoms with E-state index in [1.165, 1.54) is 11.3 Å². The van der Waals surface area contributed by atoms with E-state index in [4.69, 9.17) is 10.7 Å². The van der Waals surface area contributed by atoms with Crippen LogP contribution in [0.4, 0.5) is 0 Å². The fraction of sp³-hybridized carbons (Fsp3) is 0.308. The lowest BCUT2D eigenvalue weighted by atomic mass is 9.95. The number of carbonyl (C=O) groups is 1. The van der Waals surface area contributed by atoms with Crippen molar-refractivity contribution >= 4 is 11.7 Å². The van der Waals surface area contributed by atoms with Crippen molar-refractivity contribution in [2.45, 2.75) is 46.1 Å². The van der Waals surface area contributed by atoms with E-state index in [2.05, 4.69) is 50.0 Å². The number of rotatable bonds is 6. The number of hydrogen-bond donors (Lipinski definition) is 2. The Morgan fingerprint density at radius 2 is 1.78 bits per heavy atom. The van der Waals surface area contributed by atoms with Crippen molar-refractivity contribution in [2.24, 2.45) is 10.7 Å². The van der Waals surface area contributed by atoms with Crippen molar-refractivity contribution in [1.29, 1.82) is 0 Å². The lowest BCUT2D eigenvalue weighted by Crippen LogP contribution is -2.48. The highest BCUT2D eigenvalue weighted by molar-refractivity contribution is 5.96. The molecule has 2 aromatic carbocycles. The average Bonchev–Trinajstić information content (AvgIpc) is 3.17. The largest absolute Gasteiger partial charge is 0.478 e. The molecule has 32 heavy (non-hydrogen) atoms. The molecule has 6 nitrogen and oxygen atoms in total. The van der Waals surface area contributed by atoms with Crippen LogP contribution in [-0.4, -0.2) is 39.9 Å². The van der Waals surface area contributed by atoms with E-state index in [9.17, 15) is 9.90 Å². The summed E-state index contributed by atoms with van der Waals surface area (Å²) in [4.78, 5) is 16.5. The Morgan fingerprint density at radius 3 is 2.41 bits per heavy atom. The number of benzene rings is 2. The minimum Gasteiger partial charge on any atom is -0.478 e. The van der Waals surface area contributed by atoms with Gasteiger partial charge in [0.25, 0.3) is 0 Å². The number of allylic oxidation sites excluding steroid dienone is 2.